The van der Waals surface area contributed by atoms with E-state index in [2.05, 4.69) is 11.9 Å². The minimum atomic E-state index is -0.886. The number of anilines is 1. The first kappa shape index (κ1) is 16.9. The molecule has 5 heteroatoms. The van der Waals surface area contributed by atoms with Crippen LogP contribution in [0.5, 0.6) is 0 Å². The van der Waals surface area contributed by atoms with Gasteiger partial charge in [-0.2, -0.15) is 0 Å². The van der Waals surface area contributed by atoms with Crippen molar-refractivity contribution in [3.63, 3.8) is 0 Å². The van der Waals surface area contributed by atoms with E-state index in [-0.39, 0.29) is 11.6 Å². The maximum Gasteiger partial charge on any atom is 0.338 e. The van der Waals surface area contributed by atoms with E-state index >= 15 is 0 Å². The lowest BCUT2D eigenvalue weighted by molar-refractivity contribution is -0.128. The van der Waals surface area contributed by atoms with Gasteiger partial charge in [0.2, 0.25) is 0 Å². The first-order valence-corrected chi connectivity index (χ1v) is 7.52. The molecule has 122 valence electrons. The van der Waals surface area contributed by atoms with Crippen molar-refractivity contribution >= 4 is 23.2 Å². The Morgan fingerprint density at radius 1 is 1.17 bits per heavy atom. The van der Waals surface area contributed by atoms with Gasteiger partial charge in [0, 0.05) is 12.1 Å². The van der Waals surface area contributed by atoms with E-state index < -0.39 is 17.6 Å². The molecule has 1 N–H and O–H groups in total. The molecule has 0 aromatic heterocycles. The molecule has 0 radical (unpaired) electrons. The third-order valence-electron chi connectivity index (χ3n) is 3.44. The smallest absolute Gasteiger partial charge is 0.338 e. The molecule has 1 aliphatic rings. The molecule has 1 saturated carbocycles. The maximum atomic E-state index is 12.0. The lowest BCUT2D eigenvalue weighted by Crippen LogP contribution is -2.41. The van der Waals surface area contributed by atoms with Crippen molar-refractivity contribution in [3.05, 3.63) is 42.0 Å². The summed E-state index contributed by atoms with van der Waals surface area (Å²) in [4.78, 5) is 35.8. The van der Waals surface area contributed by atoms with E-state index in [4.69, 9.17) is 4.74 Å². The van der Waals surface area contributed by atoms with Crippen LogP contribution in [0.3, 0.4) is 0 Å². The number of benzene rings is 1. The van der Waals surface area contributed by atoms with Gasteiger partial charge in [0.25, 0.3) is 0 Å². The molecule has 1 atom stereocenters. The highest BCUT2D eigenvalue weighted by molar-refractivity contribution is 6.17. The van der Waals surface area contributed by atoms with Gasteiger partial charge in [0.1, 0.15) is 11.6 Å². The van der Waals surface area contributed by atoms with E-state index in [1.165, 1.54) is 0 Å². The van der Waals surface area contributed by atoms with E-state index in [0.717, 1.165) is 0 Å². The third kappa shape index (κ3) is 4.28. The standard InChI is InChI=1S/C18H21NO4/c1-11-5-10-14(20)15(16(11)21)19-13-8-6-12(7-9-13)17(22)23-18(2,3)4/h6-9,15,19H,1,5,10H2,2-4H3. The fourth-order valence-electron chi connectivity index (χ4n) is 2.24. The number of Topliss-reactive ketones (excluding diaryl/α,β-unsaturated/α-hetero) is 2. The number of carbonyl (C=O) groups excluding carboxylic acids is 3. The second-order valence-electron chi connectivity index (χ2n) is 6.59. The van der Waals surface area contributed by atoms with Crippen LogP contribution in [-0.2, 0) is 14.3 Å². The van der Waals surface area contributed by atoms with Crippen molar-refractivity contribution in [3.8, 4) is 0 Å². The van der Waals surface area contributed by atoms with E-state index in [0.29, 0.717) is 29.7 Å². The molecule has 0 spiro atoms. The van der Waals surface area contributed by atoms with Gasteiger partial charge in [-0.05, 0) is 57.0 Å². The molecule has 1 fully saturated rings. The zero-order valence-corrected chi connectivity index (χ0v) is 13.6. The number of nitrogens with one attached hydrogen (secondary N) is 1. The highest BCUT2D eigenvalue weighted by atomic mass is 16.6. The van der Waals surface area contributed by atoms with Gasteiger partial charge >= 0.3 is 5.97 Å². The van der Waals surface area contributed by atoms with Crippen LogP contribution >= 0.6 is 0 Å². The van der Waals surface area contributed by atoms with Crippen LogP contribution in [0.1, 0.15) is 44.0 Å². The van der Waals surface area contributed by atoms with E-state index in [1.54, 1.807) is 45.0 Å². The first-order chi connectivity index (χ1) is 10.7. The Morgan fingerprint density at radius 3 is 2.35 bits per heavy atom. The predicted molar refractivity (Wildman–Crippen MR) is 87.4 cm³/mol. The molecular formula is C18H21NO4. The van der Waals surface area contributed by atoms with Crippen LogP contribution in [0.2, 0.25) is 0 Å². The molecule has 1 aliphatic carbocycles. The fraction of sp³-hybridized carbons (Fsp3) is 0.389. The van der Waals surface area contributed by atoms with Crippen LogP contribution in [-0.4, -0.2) is 29.2 Å². The van der Waals surface area contributed by atoms with Gasteiger partial charge in [0.15, 0.2) is 11.6 Å². The van der Waals surface area contributed by atoms with Crippen molar-refractivity contribution in [2.75, 3.05) is 5.32 Å². The average molecular weight is 315 g/mol. The van der Waals surface area contributed by atoms with Crippen LogP contribution < -0.4 is 5.32 Å². The second-order valence-corrected chi connectivity index (χ2v) is 6.59. The highest BCUT2D eigenvalue weighted by Gasteiger charge is 2.32. The van der Waals surface area contributed by atoms with Crippen LogP contribution in [0.4, 0.5) is 5.69 Å². The van der Waals surface area contributed by atoms with Gasteiger partial charge in [-0.3, -0.25) is 9.59 Å². The van der Waals surface area contributed by atoms with Crippen molar-refractivity contribution in [1.29, 1.82) is 0 Å². The first-order valence-electron chi connectivity index (χ1n) is 7.52. The highest BCUT2D eigenvalue weighted by Crippen LogP contribution is 2.21. The summed E-state index contributed by atoms with van der Waals surface area (Å²) in [5.74, 6) is -0.821. The SMILES string of the molecule is C=C1CCC(=O)C(Nc2ccc(C(=O)OC(C)(C)C)cc2)C1=O. The third-order valence-corrected chi connectivity index (χ3v) is 3.44. The van der Waals surface area contributed by atoms with Crippen molar-refractivity contribution in [2.45, 2.75) is 45.3 Å². The zero-order chi connectivity index (χ0) is 17.2. The molecule has 23 heavy (non-hydrogen) atoms. The summed E-state index contributed by atoms with van der Waals surface area (Å²) in [6.45, 7) is 9.09. The normalized spacial score (nSPS) is 18.7. The lowest BCUT2D eigenvalue weighted by Gasteiger charge is -2.23. The zero-order valence-electron chi connectivity index (χ0n) is 13.6. The molecule has 0 saturated heterocycles. The molecule has 0 heterocycles. The summed E-state index contributed by atoms with van der Waals surface area (Å²) in [5.41, 5.74) is 0.914. The quantitative estimate of drug-likeness (QED) is 0.527. The predicted octanol–water partition coefficient (Wildman–Crippen LogP) is 2.91. The Kier molecular flexibility index (Phi) is 4.68. The fourth-order valence-corrected chi connectivity index (χ4v) is 2.24. The van der Waals surface area contributed by atoms with Gasteiger partial charge < -0.3 is 10.1 Å². The van der Waals surface area contributed by atoms with E-state index in [1.807, 2.05) is 0 Å². The molecule has 2 rings (SSSR count). The van der Waals surface area contributed by atoms with Crippen LogP contribution in [0, 0.1) is 0 Å². The second kappa shape index (κ2) is 6.36. The Morgan fingerprint density at radius 2 is 1.78 bits per heavy atom. The Bertz CT molecular complexity index is 653. The monoisotopic (exact) mass is 315 g/mol. The largest absolute Gasteiger partial charge is 0.456 e. The topological polar surface area (TPSA) is 72.5 Å². The number of rotatable bonds is 3. The molecule has 5 nitrogen and oxygen atoms in total. The minimum Gasteiger partial charge on any atom is -0.456 e. The van der Waals surface area contributed by atoms with Gasteiger partial charge in [-0.25, -0.2) is 4.79 Å². The van der Waals surface area contributed by atoms with Crippen molar-refractivity contribution in [2.24, 2.45) is 0 Å². The lowest BCUT2D eigenvalue weighted by atomic mass is 9.89. The van der Waals surface area contributed by atoms with Crippen LogP contribution in [0.15, 0.2) is 36.4 Å². The number of ether oxygens (including phenoxy) is 1. The van der Waals surface area contributed by atoms with Crippen molar-refractivity contribution in [1.82, 2.24) is 0 Å². The van der Waals surface area contributed by atoms with Gasteiger partial charge in [-0.1, -0.05) is 6.58 Å². The van der Waals surface area contributed by atoms with Crippen LogP contribution in [0.25, 0.3) is 0 Å². The summed E-state index contributed by atoms with van der Waals surface area (Å²) >= 11 is 0. The molecule has 0 bridgehead atoms. The maximum absolute atomic E-state index is 12.0. The number of hydrogen-bond donors (Lipinski definition) is 1. The number of carbonyl (C=O) groups is 3. The summed E-state index contributed by atoms with van der Waals surface area (Å²) < 4.78 is 5.28. The Labute approximate surface area is 135 Å². The molecular weight excluding hydrogens is 294 g/mol. The molecule has 0 aliphatic heterocycles. The van der Waals surface area contributed by atoms with Gasteiger partial charge in [-0.15, -0.1) is 0 Å². The van der Waals surface area contributed by atoms with Crippen molar-refractivity contribution < 1.29 is 19.1 Å². The number of esters is 1. The Balaban J connectivity index is 2.08. The molecule has 0 amide bonds. The Hall–Kier alpha value is -2.43. The van der Waals surface area contributed by atoms with Gasteiger partial charge in [0.05, 0.1) is 5.56 Å². The summed E-state index contributed by atoms with van der Waals surface area (Å²) in [6, 6.07) is 5.61. The molecule has 1 unspecified atom stereocenters. The molecule has 1 aromatic carbocycles. The molecule has 1 aromatic rings. The average Bonchev–Trinajstić information content (AvgIpc) is 2.46. The summed E-state index contributed by atoms with van der Waals surface area (Å²) in [5, 5.41) is 2.91. The van der Waals surface area contributed by atoms with E-state index in [9.17, 15) is 14.4 Å². The minimum absolute atomic E-state index is 0.140. The number of hydrogen-bond acceptors (Lipinski definition) is 5. The summed E-state index contributed by atoms with van der Waals surface area (Å²) in [7, 11) is 0. The summed E-state index contributed by atoms with van der Waals surface area (Å²) in [6.07, 6.45) is 0.742. The number of ketones is 2.